The van der Waals surface area contributed by atoms with E-state index in [2.05, 4.69) is 15.9 Å². The van der Waals surface area contributed by atoms with Gasteiger partial charge in [0.05, 0.1) is 18.1 Å². The lowest BCUT2D eigenvalue weighted by Crippen LogP contribution is -2.14. The molecule has 65 valence electrons. The minimum absolute atomic E-state index is 0.337. The van der Waals surface area contributed by atoms with E-state index >= 15 is 0 Å². The van der Waals surface area contributed by atoms with E-state index < -0.39 is 5.91 Å². The second kappa shape index (κ2) is 4.06. The molecule has 0 aliphatic rings. The van der Waals surface area contributed by atoms with Crippen LogP contribution >= 0.6 is 15.9 Å². The molecule has 0 spiro atoms. The maximum atomic E-state index is 11.0. The largest absolute Gasteiger partial charge is 0.366 e. The molecule has 2 N–H and O–H groups in total. The predicted octanol–water partition coefficient (Wildman–Crippen LogP) is 1.62. The molecule has 3 nitrogen and oxygen atoms in total. The third kappa shape index (κ3) is 2.07. The summed E-state index contributed by atoms with van der Waals surface area (Å²) in [5, 5.41) is 8.44. The molecule has 4 heteroatoms. The smallest absolute Gasteiger partial charge is 0.250 e. The number of nitrogens with zero attached hydrogens (tertiary/aromatic N) is 1. The zero-order chi connectivity index (χ0) is 9.84. The molecule has 13 heavy (non-hydrogen) atoms. The number of amides is 1. The first-order valence-electron chi connectivity index (χ1n) is 3.48. The van der Waals surface area contributed by atoms with Gasteiger partial charge >= 0.3 is 0 Å². The van der Waals surface area contributed by atoms with E-state index in [1.165, 1.54) is 6.42 Å². The number of nitrogens with two attached hydrogens (primary N) is 1. The van der Waals surface area contributed by atoms with Crippen molar-refractivity contribution in [2.45, 2.75) is 0 Å². The molecule has 0 saturated heterocycles. The quantitative estimate of drug-likeness (QED) is 0.850. The summed E-state index contributed by atoms with van der Waals surface area (Å²) in [6, 6.07) is 6.95. The summed E-state index contributed by atoms with van der Waals surface area (Å²) in [4.78, 5) is 11.0. The number of rotatable bonds is 2. The first-order chi connectivity index (χ1) is 6.16. The summed E-state index contributed by atoms with van der Waals surface area (Å²) in [5.41, 5.74) is 6.02. The minimum Gasteiger partial charge on any atom is -0.366 e. The molecule has 0 heterocycles. The number of benzene rings is 1. The molecule has 0 bridgehead atoms. The average Bonchev–Trinajstić information content (AvgIpc) is 2.04. The standard InChI is InChI=1S/C9H6BrN2O/c10-7-3-1-2-6(4-5-11)8(7)9(12)13/h1-4H,(H2,12,13). The molecule has 1 radical (unpaired) electrons. The van der Waals surface area contributed by atoms with Gasteiger partial charge in [-0.15, -0.1) is 0 Å². The van der Waals surface area contributed by atoms with Gasteiger partial charge in [-0.05, 0) is 27.6 Å². The van der Waals surface area contributed by atoms with Crippen LogP contribution < -0.4 is 5.73 Å². The molecule has 0 aliphatic heterocycles. The maximum Gasteiger partial charge on any atom is 0.250 e. The highest BCUT2D eigenvalue weighted by Crippen LogP contribution is 2.20. The Morgan fingerprint density at radius 1 is 1.62 bits per heavy atom. The number of carbonyl (C=O) groups is 1. The minimum atomic E-state index is -0.547. The number of hydrogen-bond acceptors (Lipinski definition) is 2. The fraction of sp³-hybridized carbons (Fsp3) is 0. The van der Waals surface area contributed by atoms with Gasteiger partial charge in [0.2, 0.25) is 5.91 Å². The van der Waals surface area contributed by atoms with Crippen LogP contribution in [0, 0.1) is 17.8 Å². The summed E-state index contributed by atoms with van der Waals surface area (Å²) in [7, 11) is 0. The maximum absolute atomic E-state index is 11.0. The fourth-order valence-electron chi connectivity index (χ4n) is 0.991. The van der Waals surface area contributed by atoms with Crippen LogP contribution in [0.4, 0.5) is 0 Å². The van der Waals surface area contributed by atoms with Crippen molar-refractivity contribution < 1.29 is 4.79 Å². The molecule has 1 amide bonds. The molecule has 1 rings (SSSR count). The molecular formula is C9H6BrN2O. The van der Waals surface area contributed by atoms with Crippen molar-refractivity contribution in [1.29, 1.82) is 5.26 Å². The highest BCUT2D eigenvalue weighted by Gasteiger charge is 2.11. The van der Waals surface area contributed by atoms with Crippen LogP contribution in [0.15, 0.2) is 22.7 Å². The molecular weight excluding hydrogens is 232 g/mol. The summed E-state index contributed by atoms with van der Waals surface area (Å²) >= 11 is 3.19. The predicted molar refractivity (Wildman–Crippen MR) is 51.7 cm³/mol. The highest BCUT2D eigenvalue weighted by atomic mass is 79.9. The third-order valence-corrected chi connectivity index (χ3v) is 2.17. The van der Waals surface area contributed by atoms with Crippen molar-refractivity contribution in [3.63, 3.8) is 0 Å². The SMILES string of the molecule is N#C[CH]c1cccc(Br)c1C(N)=O. The molecule has 1 aromatic carbocycles. The number of primary amides is 1. The highest BCUT2D eigenvalue weighted by molar-refractivity contribution is 9.10. The van der Waals surface area contributed by atoms with E-state index in [-0.39, 0.29) is 0 Å². The van der Waals surface area contributed by atoms with Gasteiger partial charge in [-0.1, -0.05) is 12.1 Å². The lowest BCUT2D eigenvalue weighted by Gasteiger charge is -2.03. The molecule has 0 aliphatic carbocycles. The van der Waals surface area contributed by atoms with Crippen LogP contribution in [0.3, 0.4) is 0 Å². The Kier molecular flexibility index (Phi) is 3.04. The number of nitriles is 1. The fourth-order valence-corrected chi connectivity index (χ4v) is 1.57. The van der Waals surface area contributed by atoms with Gasteiger partial charge < -0.3 is 5.73 Å². The van der Waals surface area contributed by atoms with Gasteiger partial charge in [-0.2, -0.15) is 5.26 Å². The summed E-state index contributed by atoms with van der Waals surface area (Å²) in [5.74, 6) is -0.547. The Hall–Kier alpha value is -1.34. The van der Waals surface area contributed by atoms with Gasteiger partial charge in [-0.3, -0.25) is 4.79 Å². The van der Waals surface area contributed by atoms with Crippen LogP contribution in [-0.4, -0.2) is 5.91 Å². The van der Waals surface area contributed by atoms with E-state index in [1.54, 1.807) is 18.2 Å². The van der Waals surface area contributed by atoms with Crippen LogP contribution in [0.5, 0.6) is 0 Å². The second-order valence-corrected chi connectivity index (χ2v) is 3.20. The van der Waals surface area contributed by atoms with Crippen LogP contribution in [0.2, 0.25) is 0 Å². The van der Waals surface area contributed by atoms with Crippen molar-refractivity contribution in [3.05, 3.63) is 40.2 Å². The lowest BCUT2D eigenvalue weighted by molar-refractivity contribution is 0.0999. The normalized spacial score (nSPS) is 9.23. The summed E-state index contributed by atoms with van der Waals surface area (Å²) < 4.78 is 0.601. The first kappa shape index (κ1) is 9.75. The van der Waals surface area contributed by atoms with Gasteiger partial charge in [-0.25, -0.2) is 0 Å². The lowest BCUT2D eigenvalue weighted by atomic mass is 10.1. The van der Waals surface area contributed by atoms with Crippen LogP contribution in [0.25, 0.3) is 0 Å². The Balaban J connectivity index is 3.27. The van der Waals surface area contributed by atoms with Crippen LogP contribution in [0.1, 0.15) is 15.9 Å². The van der Waals surface area contributed by atoms with Crippen molar-refractivity contribution >= 4 is 21.8 Å². The molecule has 0 saturated carbocycles. The zero-order valence-electron chi connectivity index (χ0n) is 6.62. The van der Waals surface area contributed by atoms with Crippen molar-refractivity contribution in [2.24, 2.45) is 5.73 Å². The summed E-state index contributed by atoms with van der Waals surface area (Å²) in [6.45, 7) is 0. The second-order valence-electron chi connectivity index (χ2n) is 2.34. The molecule has 0 atom stereocenters. The van der Waals surface area contributed by atoms with E-state index in [1.807, 2.05) is 6.07 Å². The Bertz CT molecular complexity index is 382. The van der Waals surface area contributed by atoms with E-state index in [0.717, 1.165) is 0 Å². The van der Waals surface area contributed by atoms with Crippen molar-refractivity contribution in [2.75, 3.05) is 0 Å². The number of carbonyl (C=O) groups excluding carboxylic acids is 1. The van der Waals surface area contributed by atoms with E-state index in [4.69, 9.17) is 11.0 Å². The monoisotopic (exact) mass is 237 g/mol. The van der Waals surface area contributed by atoms with Gasteiger partial charge in [0.25, 0.3) is 0 Å². The van der Waals surface area contributed by atoms with Crippen molar-refractivity contribution in [3.8, 4) is 6.07 Å². The van der Waals surface area contributed by atoms with Crippen molar-refractivity contribution in [1.82, 2.24) is 0 Å². The van der Waals surface area contributed by atoms with Gasteiger partial charge in [0.15, 0.2) is 0 Å². The molecule has 1 aromatic rings. The van der Waals surface area contributed by atoms with Gasteiger partial charge in [0, 0.05) is 4.47 Å². The number of halogens is 1. The average molecular weight is 238 g/mol. The van der Waals surface area contributed by atoms with Gasteiger partial charge in [0.1, 0.15) is 0 Å². The first-order valence-corrected chi connectivity index (χ1v) is 4.27. The summed E-state index contributed by atoms with van der Waals surface area (Å²) in [6.07, 6.45) is 1.28. The molecule has 0 unspecified atom stereocenters. The van der Waals surface area contributed by atoms with E-state index in [0.29, 0.717) is 15.6 Å². The Morgan fingerprint density at radius 3 is 2.85 bits per heavy atom. The Labute approximate surface area is 84.3 Å². The Morgan fingerprint density at radius 2 is 2.31 bits per heavy atom. The third-order valence-electron chi connectivity index (χ3n) is 1.51. The number of hydrogen-bond donors (Lipinski definition) is 1. The topological polar surface area (TPSA) is 66.9 Å². The zero-order valence-corrected chi connectivity index (χ0v) is 8.21. The molecule has 0 aromatic heterocycles. The van der Waals surface area contributed by atoms with Crippen LogP contribution in [-0.2, 0) is 0 Å². The van der Waals surface area contributed by atoms with E-state index in [9.17, 15) is 4.79 Å². The molecule has 0 fully saturated rings.